The number of halogens is 1. The number of hydrogen-bond donors (Lipinski definition) is 2. The van der Waals surface area contributed by atoms with Crippen LogP contribution in [0.2, 0.25) is 0 Å². The Morgan fingerprint density at radius 3 is 2.80 bits per heavy atom. The van der Waals surface area contributed by atoms with E-state index in [-0.39, 0.29) is 0 Å². The first-order chi connectivity index (χ1) is 9.43. The van der Waals surface area contributed by atoms with Crippen LogP contribution in [0.15, 0.2) is 10.7 Å². The van der Waals surface area contributed by atoms with Gasteiger partial charge >= 0.3 is 6.09 Å². The summed E-state index contributed by atoms with van der Waals surface area (Å²) < 4.78 is 0.568. The highest BCUT2D eigenvalue weighted by Gasteiger charge is 2.32. The van der Waals surface area contributed by atoms with Crippen LogP contribution in [-0.2, 0) is 0 Å². The van der Waals surface area contributed by atoms with E-state index in [1.807, 2.05) is 17.9 Å². The zero-order valence-corrected chi connectivity index (χ0v) is 12.5. The van der Waals surface area contributed by atoms with Gasteiger partial charge in [-0.05, 0) is 35.7 Å². The highest BCUT2D eigenvalue weighted by molar-refractivity contribution is 9.10. The molecule has 0 spiro atoms. The van der Waals surface area contributed by atoms with E-state index in [1.54, 1.807) is 6.20 Å². The Morgan fingerprint density at radius 2 is 2.25 bits per heavy atom. The molecule has 2 rings (SSSR count). The number of amides is 1. The van der Waals surface area contributed by atoms with Gasteiger partial charge in [0.25, 0.3) is 0 Å². The maximum atomic E-state index is 10.8. The van der Waals surface area contributed by atoms with E-state index in [0.29, 0.717) is 42.0 Å². The van der Waals surface area contributed by atoms with Crippen LogP contribution in [0.4, 0.5) is 10.7 Å². The molecular weight excluding hydrogens is 326 g/mol. The van der Waals surface area contributed by atoms with Crippen LogP contribution in [0.1, 0.15) is 25.5 Å². The molecule has 1 aromatic rings. The summed E-state index contributed by atoms with van der Waals surface area (Å²) in [6.45, 7) is 3.17. The fourth-order valence-electron chi connectivity index (χ4n) is 2.17. The predicted molar refractivity (Wildman–Crippen MR) is 75.5 cm³/mol. The lowest BCUT2D eigenvalue weighted by Crippen LogP contribution is -2.53. The van der Waals surface area contributed by atoms with Gasteiger partial charge < -0.3 is 15.3 Å². The first-order valence-corrected chi connectivity index (χ1v) is 6.91. The monoisotopic (exact) mass is 339 g/mol. The highest BCUT2D eigenvalue weighted by Crippen LogP contribution is 2.25. The van der Waals surface area contributed by atoms with Crippen LogP contribution in [-0.4, -0.2) is 39.8 Å². The van der Waals surface area contributed by atoms with Gasteiger partial charge in [-0.1, -0.05) is 0 Å². The van der Waals surface area contributed by atoms with Crippen LogP contribution >= 0.6 is 15.9 Å². The smallest absolute Gasteiger partial charge is 0.405 e. The highest BCUT2D eigenvalue weighted by atomic mass is 79.9. The van der Waals surface area contributed by atoms with Gasteiger partial charge in [0.2, 0.25) is 5.95 Å². The maximum Gasteiger partial charge on any atom is 0.405 e. The van der Waals surface area contributed by atoms with Gasteiger partial charge in [0.15, 0.2) is 5.69 Å². The van der Waals surface area contributed by atoms with E-state index in [9.17, 15) is 4.79 Å². The molecule has 8 heteroatoms. The van der Waals surface area contributed by atoms with Gasteiger partial charge in [-0.25, -0.2) is 14.8 Å². The lowest BCUT2D eigenvalue weighted by atomic mass is 9.90. The van der Waals surface area contributed by atoms with Crippen molar-refractivity contribution < 1.29 is 9.90 Å². The Morgan fingerprint density at radius 1 is 1.60 bits per heavy atom. The van der Waals surface area contributed by atoms with E-state index in [4.69, 9.17) is 10.4 Å². The minimum absolute atomic E-state index is 0.298. The van der Waals surface area contributed by atoms with Gasteiger partial charge in [-0.15, -0.1) is 0 Å². The predicted octanol–water partition coefficient (Wildman–Crippen LogP) is 1.74. The summed E-state index contributed by atoms with van der Waals surface area (Å²) in [5.41, 5.74) is -0.123. The number of hydrogen-bond acceptors (Lipinski definition) is 5. The molecule has 1 fully saturated rings. The molecule has 2 heterocycles. The number of nitriles is 1. The number of carboxylic acid groups (broad SMARTS) is 1. The minimum Gasteiger partial charge on any atom is -0.465 e. The van der Waals surface area contributed by atoms with E-state index in [1.165, 1.54) is 0 Å². The zero-order valence-electron chi connectivity index (χ0n) is 10.9. The molecule has 0 radical (unpaired) electrons. The van der Waals surface area contributed by atoms with Crippen molar-refractivity contribution in [1.82, 2.24) is 15.3 Å². The Kier molecular flexibility index (Phi) is 4.09. The number of anilines is 1. The van der Waals surface area contributed by atoms with Crippen LogP contribution in [0.5, 0.6) is 0 Å². The summed E-state index contributed by atoms with van der Waals surface area (Å²) in [6.07, 6.45) is 1.89. The Labute approximate surface area is 124 Å². The molecular formula is C12H14BrN5O2. The first kappa shape index (κ1) is 14.5. The number of aromatic nitrogens is 2. The van der Waals surface area contributed by atoms with Gasteiger partial charge in [-0.2, -0.15) is 5.26 Å². The molecule has 0 unspecified atom stereocenters. The molecule has 0 aromatic carbocycles. The molecule has 0 atom stereocenters. The fraction of sp³-hybridized carbons (Fsp3) is 0.500. The van der Waals surface area contributed by atoms with Crippen LogP contribution < -0.4 is 10.2 Å². The Balaban J connectivity index is 2.08. The molecule has 0 saturated carbocycles. The molecule has 1 saturated heterocycles. The van der Waals surface area contributed by atoms with Gasteiger partial charge in [0, 0.05) is 24.8 Å². The van der Waals surface area contributed by atoms with Crippen molar-refractivity contribution in [1.29, 1.82) is 5.26 Å². The standard InChI is InChI=1S/C12H14BrN5O2/c1-12(17-11(19)20)2-4-18(5-3-12)10-15-7-8(13)9(6-14)16-10/h7,17H,2-5H2,1H3,(H,19,20). The summed E-state index contributed by atoms with van der Waals surface area (Å²) >= 11 is 3.22. The largest absolute Gasteiger partial charge is 0.465 e. The number of nitrogens with zero attached hydrogens (tertiary/aromatic N) is 4. The van der Waals surface area contributed by atoms with Gasteiger partial charge in [0.05, 0.1) is 4.47 Å². The average molecular weight is 340 g/mol. The van der Waals surface area contributed by atoms with Crippen molar-refractivity contribution in [3.05, 3.63) is 16.4 Å². The summed E-state index contributed by atoms with van der Waals surface area (Å²) in [6, 6.07) is 2.00. The molecule has 1 aromatic heterocycles. The van der Waals surface area contributed by atoms with E-state index < -0.39 is 11.6 Å². The molecule has 1 aliphatic rings. The van der Waals surface area contributed by atoms with Gasteiger partial charge in [0.1, 0.15) is 6.07 Å². The van der Waals surface area contributed by atoms with E-state index in [0.717, 1.165) is 0 Å². The van der Waals surface area contributed by atoms with Crippen molar-refractivity contribution >= 4 is 28.0 Å². The summed E-state index contributed by atoms with van der Waals surface area (Å²) in [5, 5.41) is 20.3. The number of nitrogens with one attached hydrogen (secondary N) is 1. The lowest BCUT2D eigenvalue weighted by Gasteiger charge is -2.39. The third-order valence-electron chi connectivity index (χ3n) is 3.40. The third kappa shape index (κ3) is 3.17. The van der Waals surface area contributed by atoms with Crippen LogP contribution in [0, 0.1) is 11.3 Å². The fourth-order valence-corrected chi connectivity index (χ4v) is 2.45. The zero-order chi connectivity index (χ0) is 14.8. The molecule has 0 bridgehead atoms. The third-order valence-corrected chi connectivity index (χ3v) is 3.98. The van der Waals surface area contributed by atoms with E-state index >= 15 is 0 Å². The lowest BCUT2D eigenvalue weighted by molar-refractivity contribution is 0.173. The van der Waals surface area contributed by atoms with Crippen molar-refractivity contribution in [3.63, 3.8) is 0 Å². The molecule has 7 nitrogen and oxygen atoms in total. The molecule has 1 aliphatic heterocycles. The normalized spacial score (nSPS) is 17.4. The Bertz CT molecular complexity index is 563. The summed E-state index contributed by atoms with van der Waals surface area (Å²) in [5.74, 6) is 0.502. The molecule has 0 aliphatic carbocycles. The topological polar surface area (TPSA) is 102 Å². The SMILES string of the molecule is CC1(NC(=O)O)CCN(c2ncc(Br)c(C#N)n2)CC1. The van der Waals surface area contributed by atoms with Crippen molar-refractivity contribution in [2.45, 2.75) is 25.3 Å². The first-order valence-electron chi connectivity index (χ1n) is 6.12. The quantitative estimate of drug-likeness (QED) is 0.850. The average Bonchev–Trinajstić information content (AvgIpc) is 2.39. The number of carbonyl (C=O) groups is 1. The van der Waals surface area contributed by atoms with Crippen molar-refractivity contribution in [2.75, 3.05) is 18.0 Å². The summed E-state index contributed by atoms with van der Waals surface area (Å²) in [4.78, 5) is 21.1. The molecule has 20 heavy (non-hydrogen) atoms. The molecule has 106 valence electrons. The Hall–Kier alpha value is -1.88. The van der Waals surface area contributed by atoms with E-state index in [2.05, 4.69) is 31.2 Å². The van der Waals surface area contributed by atoms with Crippen LogP contribution in [0.3, 0.4) is 0 Å². The number of piperidine rings is 1. The molecule has 2 N–H and O–H groups in total. The molecule has 1 amide bonds. The van der Waals surface area contributed by atoms with Gasteiger partial charge in [-0.3, -0.25) is 0 Å². The van der Waals surface area contributed by atoms with Crippen molar-refractivity contribution in [3.8, 4) is 6.07 Å². The second-order valence-electron chi connectivity index (χ2n) is 4.96. The summed E-state index contributed by atoms with van der Waals surface area (Å²) in [7, 11) is 0. The van der Waals surface area contributed by atoms with Crippen molar-refractivity contribution in [2.24, 2.45) is 0 Å². The second-order valence-corrected chi connectivity index (χ2v) is 5.81. The van der Waals surface area contributed by atoms with Crippen LogP contribution in [0.25, 0.3) is 0 Å². The number of rotatable bonds is 2. The second kappa shape index (κ2) is 5.63. The minimum atomic E-state index is -1.01. The maximum absolute atomic E-state index is 10.8.